The molecule has 0 heterocycles. The minimum atomic E-state index is -0.555. The van der Waals surface area contributed by atoms with Gasteiger partial charge in [0, 0.05) is 19.6 Å². The lowest BCUT2D eigenvalue weighted by molar-refractivity contribution is 0.0203. The smallest absolute Gasteiger partial charge is 0.338 e. The normalized spacial score (nSPS) is 11.7. The molecule has 0 radical (unpaired) electrons. The van der Waals surface area contributed by atoms with Gasteiger partial charge in [0.05, 0.1) is 26.9 Å². The Morgan fingerprint density at radius 3 is 2.04 bits per heavy atom. The summed E-state index contributed by atoms with van der Waals surface area (Å²) >= 11 is 0. The van der Waals surface area contributed by atoms with Gasteiger partial charge in [-0.05, 0) is 25.0 Å². The molecule has 1 atom stereocenters. The van der Waals surface area contributed by atoms with Crippen molar-refractivity contribution in [2.75, 3.05) is 34.5 Å². The zero-order valence-corrected chi connectivity index (χ0v) is 13.7. The lowest BCUT2D eigenvalue weighted by Gasteiger charge is -2.18. The quantitative estimate of drug-likeness (QED) is 0.627. The molecule has 2 N–H and O–H groups in total. The minimum Gasteiger partial charge on any atom is -0.493 e. The Kier molecular flexibility index (Phi) is 8.21. The summed E-state index contributed by atoms with van der Waals surface area (Å²) in [4.78, 5) is 12.3. The molecular formula is C16H24O7. The van der Waals surface area contributed by atoms with Crippen molar-refractivity contribution in [3.05, 3.63) is 17.7 Å². The lowest BCUT2D eigenvalue weighted by Crippen LogP contribution is -2.20. The maximum atomic E-state index is 12.3. The molecule has 0 aromatic heterocycles. The molecule has 1 rings (SSSR count). The second-order valence-corrected chi connectivity index (χ2v) is 4.82. The number of methoxy groups -OCH3 is 3. The zero-order valence-electron chi connectivity index (χ0n) is 13.7. The SMILES string of the molecule is COc1cc(C(=O)OC(CCO)CCCO)cc(OC)c1OC. The second kappa shape index (κ2) is 9.91. The van der Waals surface area contributed by atoms with Crippen molar-refractivity contribution in [2.24, 2.45) is 0 Å². The van der Waals surface area contributed by atoms with Crippen molar-refractivity contribution >= 4 is 5.97 Å². The van der Waals surface area contributed by atoms with E-state index in [0.29, 0.717) is 36.5 Å². The van der Waals surface area contributed by atoms with Gasteiger partial charge in [-0.15, -0.1) is 0 Å². The van der Waals surface area contributed by atoms with E-state index in [9.17, 15) is 4.79 Å². The summed E-state index contributed by atoms with van der Waals surface area (Å²) in [5, 5.41) is 17.9. The van der Waals surface area contributed by atoms with Crippen LogP contribution in [-0.2, 0) is 4.74 Å². The summed E-state index contributed by atoms with van der Waals surface area (Å²) in [7, 11) is 4.40. The summed E-state index contributed by atoms with van der Waals surface area (Å²) in [5.41, 5.74) is 0.256. The van der Waals surface area contributed by atoms with E-state index in [1.165, 1.54) is 33.5 Å². The molecule has 1 aromatic carbocycles. The predicted molar refractivity (Wildman–Crippen MR) is 83.3 cm³/mol. The van der Waals surface area contributed by atoms with Gasteiger partial charge in [0.1, 0.15) is 6.10 Å². The number of carbonyl (C=O) groups is 1. The van der Waals surface area contributed by atoms with E-state index in [-0.39, 0.29) is 18.8 Å². The molecule has 0 aliphatic rings. The highest BCUT2D eigenvalue weighted by Gasteiger charge is 2.20. The van der Waals surface area contributed by atoms with Gasteiger partial charge in [-0.1, -0.05) is 0 Å². The number of carbonyl (C=O) groups excluding carboxylic acids is 1. The summed E-state index contributed by atoms with van der Waals surface area (Å²) in [6.45, 7) is -0.0949. The fourth-order valence-corrected chi connectivity index (χ4v) is 2.14. The fourth-order valence-electron chi connectivity index (χ4n) is 2.14. The maximum absolute atomic E-state index is 12.3. The van der Waals surface area contributed by atoms with E-state index in [1.807, 2.05) is 0 Å². The van der Waals surface area contributed by atoms with Crippen LogP contribution in [-0.4, -0.2) is 56.8 Å². The maximum Gasteiger partial charge on any atom is 0.338 e. The highest BCUT2D eigenvalue weighted by atomic mass is 16.5. The summed E-state index contributed by atoms with van der Waals surface area (Å²) < 4.78 is 21.0. The molecule has 7 nitrogen and oxygen atoms in total. The van der Waals surface area contributed by atoms with Crippen LogP contribution in [0.15, 0.2) is 12.1 Å². The number of hydrogen-bond donors (Lipinski definition) is 2. The van der Waals surface area contributed by atoms with Crippen LogP contribution < -0.4 is 14.2 Å². The Bertz CT molecular complexity index is 476. The molecule has 1 unspecified atom stereocenters. The van der Waals surface area contributed by atoms with Crippen LogP contribution >= 0.6 is 0 Å². The predicted octanol–water partition coefficient (Wildman–Crippen LogP) is 1.39. The lowest BCUT2D eigenvalue weighted by atomic mass is 10.1. The molecule has 0 aliphatic heterocycles. The molecule has 7 heteroatoms. The molecule has 0 saturated carbocycles. The van der Waals surface area contributed by atoms with Crippen LogP contribution in [0, 0.1) is 0 Å². The number of hydrogen-bond acceptors (Lipinski definition) is 7. The van der Waals surface area contributed by atoms with Crippen LogP contribution in [0.1, 0.15) is 29.6 Å². The summed E-state index contributed by atoms with van der Waals surface area (Å²) in [6.07, 6.45) is 0.829. The van der Waals surface area contributed by atoms with Gasteiger partial charge in [0.15, 0.2) is 11.5 Å². The van der Waals surface area contributed by atoms with Crippen LogP contribution in [0.2, 0.25) is 0 Å². The van der Waals surface area contributed by atoms with E-state index < -0.39 is 12.1 Å². The molecule has 1 aromatic rings. The highest BCUT2D eigenvalue weighted by Crippen LogP contribution is 2.38. The Morgan fingerprint density at radius 1 is 1.00 bits per heavy atom. The number of ether oxygens (including phenoxy) is 4. The Morgan fingerprint density at radius 2 is 1.61 bits per heavy atom. The highest BCUT2D eigenvalue weighted by molar-refractivity contribution is 5.91. The van der Waals surface area contributed by atoms with Crippen molar-refractivity contribution in [1.82, 2.24) is 0 Å². The van der Waals surface area contributed by atoms with Crippen molar-refractivity contribution in [1.29, 1.82) is 0 Å². The van der Waals surface area contributed by atoms with E-state index in [2.05, 4.69) is 0 Å². The van der Waals surface area contributed by atoms with E-state index in [0.717, 1.165) is 0 Å². The average Bonchev–Trinajstić information content (AvgIpc) is 2.58. The van der Waals surface area contributed by atoms with Crippen molar-refractivity contribution in [3.63, 3.8) is 0 Å². The van der Waals surface area contributed by atoms with Gasteiger partial charge in [0.2, 0.25) is 5.75 Å². The van der Waals surface area contributed by atoms with Gasteiger partial charge in [-0.3, -0.25) is 0 Å². The third-order valence-corrected chi connectivity index (χ3v) is 3.31. The number of esters is 1. The number of rotatable bonds is 10. The largest absolute Gasteiger partial charge is 0.493 e. The van der Waals surface area contributed by atoms with Gasteiger partial charge < -0.3 is 29.2 Å². The zero-order chi connectivity index (χ0) is 17.2. The standard InChI is InChI=1S/C16H24O7/c1-20-13-9-11(10-14(21-2)15(13)22-3)16(19)23-12(6-8-18)5-4-7-17/h9-10,12,17-18H,4-8H2,1-3H3. The van der Waals surface area contributed by atoms with Crippen LogP contribution in [0.4, 0.5) is 0 Å². The Hall–Kier alpha value is -1.99. The number of benzene rings is 1. The van der Waals surface area contributed by atoms with Crippen molar-refractivity contribution in [3.8, 4) is 17.2 Å². The van der Waals surface area contributed by atoms with Crippen LogP contribution in [0.25, 0.3) is 0 Å². The second-order valence-electron chi connectivity index (χ2n) is 4.82. The van der Waals surface area contributed by atoms with E-state index in [1.54, 1.807) is 0 Å². The molecule has 0 spiro atoms. The molecule has 0 fully saturated rings. The summed E-state index contributed by atoms with van der Waals surface area (Å²) in [6, 6.07) is 3.01. The topological polar surface area (TPSA) is 94.5 Å². The Balaban J connectivity index is 2.97. The number of aliphatic hydroxyl groups excluding tert-OH is 2. The first-order valence-corrected chi connectivity index (χ1v) is 7.33. The molecule has 23 heavy (non-hydrogen) atoms. The van der Waals surface area contributed by atoms with Gasteiger partial charge in [-0.25, -0.2) is 4.79 Å². The molecule has 0 aliphatic carbocycles. The third-order valence-electron chi connectivity index (χ3n) is 3.31. The monoisotopic (exact) mass is 328 g/mol. The van der Waals surface area contributed by atoms with Gasteiger partial charge >= 0.3 is 5.97 Å². The third kappa shape index (κ3) is 5.30. The first-order valence-electron chi connectivity index (χ1n) is 7.33. The van der Waals surface area contributed by atoms with E-state index >= 15 is 0 Å². The van der Waals surface area contributed by atoms with E-state index in [4.69, 9.17) is 29.2 Å². The van der Waals surface area contributed by atoms with Crippen LogP contribution in [0.5, 0.6) is 17.2 Å². The molecule has 130 valence electrons. The molecule has 0 bridgehead atoms. The van der Waals surface area contributed by atoms with Crippen molar-refractivity contribution in [2.45, 2.75) is 25.4 Å². The first kappa shape index (κ1) is 19.1. The minimum absolute atomic E-state index is 0.00363. The summed E-state index contributed by atoms with van der Waals surface area (Å²) in [5.74, 6) is 0.542. The van der Waals surface area contributed by atoms with Gasteiger partial charge in [0.25, 0.3) is 0 Å². The molecule has 0 amide bonds. The number of aliphatic hydroxyl groups is 2. The average molecular weight is 328 g/mol. The van der Waals surface area contributed by atoms with Crippen LogP contribution in [0.3, 0.4) is 0 Å². The van der Waals surface area contributed by atoms with Crippen molar-refractivity contribution < 1.29 is 34.0 Å². The molecular weight excluding hydrogens is 304 g/mol. The first-order chi connectivity index (χ1) is 11.1. The molecule has 0 saturated heterocycles. The van der Waals surface area contributed by atoms with Gasteiger partial charge in [-0.2, -0.15) is 0 Å². The fraction of sp³-hybridized carbons (Fsp3) is 0.562. The Labute approximate surface area is 135 Å².